The van der Waals surface area contributed by atoms with Gasteiger partial charge in [-0.05, 0) is 44.0 Å². The van der Waals surface area contributed by atoms with E-state index in [1.54, 1.807) is 0 Å². The van der Waals surface area contributed by atoms with Crippen molar-refractivity contribution in [3.05, 3.63) is 35.2 Å². The number of hydrogen-bond acceptors (Lipinski definition) is 1. The minimum absolute atomic E-state index is 1.07. The average molecular weight is 160 g/mol. The van der Waals surface area contributed by atoms with Gasteiger partial charge in [0.2, 0.25) is 0 Å². The fourth-order valence-corrected chi connectivity index (χ4v) is 1.37. The largest absolute Gasteiger partial charge is 0.240 e. The lowest BCUT2D eigenvalue weighted by Crippen LogP contribution is -1.90. The first kappa shape index (κ1) is 7.35. The Labute approximate surface area is 71.8 Å². The minimum Gasteiger partial charge on any atom is -0.240 e. The summed E-state index contributed by atoms with van der Waals surface area (Å²) in [5.41, 5.74) is 4.85. The molecule has 12 heavy (non-hydrogen) atoms. The van der Waals surface area contributed by atoms with E-state index in [0.717, 1.165) is 5.69 Å². The van der Waals surface area contributed by atoms with Crippen LogP contribution < -0.4 is 0 Å². The van der Waals surface area contributed by atoms with Gasteiger partial charge in [0.25, 0.3) is 0 Å². The molecule has 0 aliphatic heterocycles. The van der Waals surface area contributed by atoms with E-state index in [0.29, 0.717) is 0 Å². The number of hydrogen-bond donors (Lipinski definition) is 0. The van der Waals surface area contributed by atoms with Gasteiger partial charge in [-0.15, -0.1) is 0 Å². The summed E-state index contributed by atoms with van der Waals surface area (Å²) in [6.07, 6.45) is 2.07. The first-order valence-corrected chi connectivity index (χ1v) is 4.10. The summed E-state index contributed by atoms with van der Waals surface area (Å²) in [5, 5.41) is 4.33. The summed E-state index contributed by atoms with van der Waals surface area (Å²) >= 11 is 0. The molecule has 0 saturated carbocycles. The van der Waals surface area contributed by atoms with E-state index in [-0.39, 0.29) is 0 Å². The van der Waals surface area contributed by atoms with Crippen molar-refractivity contribution >= 4 is 5.52 Å². The third kappa shape index (κ3) is 0.998. The van der Waals surface area contributed by atoms with Crippen LogP contribution in [0.4, 0.5) is 0 Å². The van der Waals surface area contributed by atoms with Crippen molar-refractivity contribution in [3.63, 3.8) is 0 Å². The molecule has 2 heterocycles. The molecule has 2 aromatic heterocycles. The predicted octanol–water partition coefficient (Wildman–Crippen LogP) is 2.26. The molecule has 2 rings (SSSR count). The lowest BCUT2D eigenvalue weighted by molar-refractivity contribution is 0.922. The van der Waals surface area contributed by atoms with Crippen LogP contribution in [0.3, 0.4) is 0 Å². The van der Waals surface area contributed by atoms with E-state index < -0.39 is 0 Å². The smallest absolute Gasteiger partial charge is 0.0667 e. The van der Waals surface area contributed by atoms with E-state index in [9.17, 15) is 0 Å². The molecule has 0 saturated heterocycles. The second-order valence-electron chi connectivity index (χ2n) is 3.29. The Morgan fingerprint density at radius 1 is 1.08 bits per heavy atom. The van der Waals surface area contributed by atoms with E-state index in [4.69, 9.17) is 0 Å². The second kappa shape index (κ2) is 2.34. The van der Waals surface area contributed by atoms with Crippen LogP contribution in [0.5, 0.6) is 0 Å². The van der Waals surface area contributed by atoms with Crippen LogP contribution in [0.2, 0.25) is 0 Å². The molecule has 0 N–H and O–H groups in total. The molecule has 0 fully saturated rings. The number of pyridine rings is 1. The lowest BCUT2D eigenvalue weighted by Gasteiger charge is -1.99. The molecule has 0 atom stereocenters. The van der Waals surface area contributed by atoms with Crippen molar-refractivity contribution in [1.82, 2.24) is 9.61 Å². The maximum Gasteiger partial charge on any atom is 0.0667 e. The monoisotopic (exact) mass is 160 g/mol. The molecular weight excluding hydrogens is 148 g/mol. The van der Waals surface area contributed by atoms with Gasteiger partial charge in [0, 0.05) is 6.20 Å². The lowest BCUT2D eigenvalue weighted by atomic mass is 10.2. The van der Waals surface area contributed by atoms with Gasteiger partial charge >= 0.3 is 0 Å². The van der Waals surface area contributed by atoms with Crippen molar-refractivity contribution in [2.45, 2.75) is 20.8 Å². The van der Waals surface area contributed by atoms with Crippen LogP contribution >= 0.6 is 0 Å². The van der Waals surface area contributed by atoms with Crippen molar-refractivity contribution in [2.24, 2.45) is 0 Å². The SMILES string of the molecule is Cc1cc2cc(C)c(C)cn2n1. The Bertz CT molecular complexity index is 388. The second-order valence-corrected chi connectivity index (χ2v) is 3.29. The standard InChI is InChI=1S/C10H12N2/c1-7-4-10-5-9(3)11-12(10)6-8(7)2/h4-6H,1-3H3. The van der Waals surface area contributed by atoms with Crippen LogP contribution in [0.15, 0.2) is 18.3 Å². The van der Waals surface area contributed by atoms with Gasteiger partial charge in [0.1, 0.15) is 0 Å². The van der Waals surface area contributed by atoms with E-state index >= 15 is 0 Å². The zero-order valence-corrected chi connectivity index (χ0v) is 7.63. The van der Waals surface area contributed by atoms with Crippen molar-refractivity contribution < 1.29 is 0 Å². The highest BCUT2D eigenvalue weighted by Gasteiger charge is 1.99. The maximum absolute atomic E-state index is 4.33. The Morgan fingerprint density at radius 2 is 1.83 bits per heavy atom. The van der Waals surface area contributed by atoms with Gasteiger partial charge < -0.3 is 0 Å². The first-order valence-electron chi connectivity index (χ1n) is 4.10. The molecule has 0 aliphatic rings. The molecule has 2 nitrogen and oxygen atoms in total. The molecular formula is C10H12N2. The molecule has 2 aromatic rings. The van der Waals surface area contributed by atoms with Crippen LogP contribution in [-0.2, 0) is 0 Å². The first-order chi connectivity index (χ1) is 5.66. The molecule has 0 unspecified atom stereocenters. The summed E-state index contributed by atoms with van der Waals surface area (Å²) in [6.45, 7) is 6.24. The molecule has 0 spiro atoms. The molecule has 0 amide bonds. The van der Waals surface area contributed by atoms with Gasteiger partial charge in [0.15, 0.2) is 0 Å². The average Bonchev–Trinajstić information content (AvgIpc) is 2.30. The fraction of sp³-hybridized carbons (Fsp3) is 0.300. The highest BCUT2D eigenvalue weighted by atomic mass is 15.2. The number of nitrogens with zero attached hydrogens (tertiary/aromatic N) is 2. The molecule has 0 bridgehead atoms. The third-order valence-corrected chi connectivity index (χ3v) is 2.19. The summed E-state index contributed by atoms with van der Waals surface area (Å²) in [4.78, 5) is 0. The van der Waals surface area contributed by atoms with Crippen LogP contribution in [-0.4, -0.2) is 9.61 Å². The fourth-order valence-electron chi connectivity index (χ4n) is 1.37. The van der Waals surface area contributed by atoms with Crippen LogP contribution in [0.25, 0.3) is 5.52 Å². The highest BCUT2D eigenvalue weighted by Crippen LogP contribution is 2.11. The van der Waals surface area contributed by atoms with Crippen LogP contribution in [0, 0.1) is 20.8 Å². The van der Waals surface area contributed by atoms with Crippen molar-refractivity contribution in [2.75, 3.05) is 0 Å². The van der Waals surface area contributed by atoms with Gasteiger partial charge in [-0.3, -0.25) is 0 Å². The highest BCUT2D eigenvalue weighted by molar-refractivity contribution is 5.50. The Hall–Kier alpha value is -1.31. The normalized spacial score (nSPS) is 10.9. The summed E-state index contributed by atoms with van der Waals surface area (Å²) in [5.74, 6) is 0. The molecule has 0 aromatic carbocycles. The Morgan fingerprint density at radius 3 is 2.58 bits per heavy atom. The number of rotatable bonds is 0. The van der Waals surface area contributed by atoms with E-state index in [1.807, 2.05) is 11.4 Å². The number of aryl methyl sites for hydroxylation is 3. The summed E-state index contributed by atoms with van der Waals surface area (Å²) < 4.78 is 1.93. The quantitative estimate of drug-likeness (QED) is 0.577. The van der Waals surface area contributed by atoms with Gasteiger partial charge in [-0.25, -0.2) is 4.52 Å². The Balaban J connectivity index is 2.83. The van der Waals surface area contributed by atoms with Crippen LogP contribution in [0.1, 0.15) is 16.8 Å². The number of aromatic nitrogens is 2. The maximum atomic E-state index is 4.33. The topological polar surface area (TPSA) is 17.3 Å². The molecule has 0 aliphatic carbocycles. The van der Waals surface area contributed by atoms with Gasteiger partial charge in [-0.2, -0.15) is 5.10 Å². The number of fused-ring (bicyclic) bond motifs is 1. The zero-order chi connectivity index (χ0) is 8.72. The van der Waals surface area contributed by atoms with E-state index in [1.165, 1.54) is 16.6 Å². The zero-order valence-electron chi connectivity index (χ0n) is 7.63. The summed E-state index contributed by atoms with van der Waals surface area (Å²) in [6, 6.07) is 4.25. The van der Waals surface area contributed by atoms with E-state index in [2.05, 4.69) is 37.3 Å². The minimum atomic E-state index is 1.07. The predicted molar refractivity (Wildman–Crippen MR) is 49.4 cm³/mol. The van der Waals surface area contributed by atoms with Crippen molar-refractivity contribution in [1.29, 1.82) is 0 Å². The molecule has 2 heteroatoms. The molecule has 62 valence electrons. The van der Waals surface area contributed by atoms with Gasteiger partial charge in [-0.1, -0.05) is 0 Å². The summed E-state index contributed by atoms with van der Waals surface area (Å²) in [7, 11) is 0. The third-order valence-electron chi connectivity index (χ3n) is 2.19. The molecule has 0 radical (unpaired) electrons. The van der Waals surface area contributed by atoms with Crippen molar-refractivity contribution in [3.8, 4) is 0 Å². The Kier molecular flexibility index (Phi) is 1.43. The van der Waals surface area contributed by atoms with Gasteiger partial charge in [0.05, 0.1) is 11.2 Å².